The van der Waals surface area contributed by atoms with Gasteiger partial charge in [0, 0.05) is 0 Å². The summed E-state index contributed by atoms with van der Waals surface area (Å²) in [4.78, 5) is 12.5. The monoisotopic (exact) mass is 804 g/mol. The van der Waals surface area contributed by atoms with Gasteiger partial charge in [-0.3, -0.25) is 4.79 Å². The van der Waals surface area contributed by atoms with E-state index in [4.69, 9.17) is 0 Å². The van der Waals surface area contributed by atoms with Gasteiger partial charge in [0.15, 0.2) is 0 Å². The number of carbonyl (C=O) groups excluding carboxylic acids is 1. The lowest BCUT2D eigenvalue weighted by molar-refractivity contribution is -0.132. The van der Waals surface area contributed by atoms with E-state index in [9.17, 15) is 25.2 Å². The van der Waals surface area contributed by atoms with Crippen LogP contribution in [-0.2, 0) is 4.79 Å². The Morgan fingerprint density at radius 3 is 1.11 bits per heavy atom. The number of unbranched alkanes of at least 4 members (excludes halogenated alkanes) is 30. The molecule has 0 aromatic heterocycles. The van der Waals surface area contributed by atoms with Gasteiger partial charge < -0.3 is 25.7 Å². The Morgan fingerprint density at radius 1 is 0.421 bits per heavy atom. The molecular weight excluding hydrogens is 707 g/mol. The third-order valence-corrected chi connectivity index (χ3v) is 11.6. The van der Waals surface area contributed by atoms with Crippen LogP contribution in [-0.4, -0.2) is 57.3 Å². The van der Waals surface area contributed by atoms with E-state index in [0.717, 1.165) is 51.4 Å². The third kappa shape index (κ3) is 39.7. The van der Waals surface area contributed by atoms with E-state index >= 15 is 0 Å². The van der Waals surface area contributed by atoms with Gasteiger partial charge in [-0.1, -0.05) is 211 Å². The van der Waals surface area contributed by atoms with Crippen LogP contribution in [0.2, 0.25) is 0 Å². The van der Waals surface area contributed by atoms with E-state index in [2.05, 4.69) is 55.6 Å². The van der Waals surface area contributed by atoms with E-state index in [-0.39, 0.29) is 0 Å². The zero-order valence-electron chi connectivity index (χ0n) is 37.8. The van der Waals surface area contributed by atoms with Crippen molar-refractivity contribution in [3.05, 3.63) is 36.5 Å². The van der Waals surface area contributed by atoms with Gasteiger partial charge in [0.2, 0.25) is 5.91 Å². The van der Waals surface area contributed by atoms with Crippen molar-refractivity contribution in [2.24, 2.45) is 0 Å². The second kappa shape index (κ2) is 45.6. The Kier molecular flexibility index (Phi) is 44.4. The second-order valence-electron chi connectivity index (χ2n) is 17.1. The molecule has 0 rings (SSSR count). The van der Waals surface area contributed by atoms with Crippen molar-refractivity contribution in [3.8, 4) is 0 Å². The first-order valence-corrected chi connectivity index (χ1v) is 24.9. The number of amides is 1. The normalized spacial score (nSPS) is 14.3. The number of carbonyl (C=O) groups is 1. The molecule has 336 valence electrons. The maximum Gasteiger partial charge on any atom is 0.249 e. The Balaban J connectivity index is 3.76. The summed E-state index contributed by atoms with van der Waals surface area (Å²) >= 11 is 0. The molecule has 6 nitrogen and oxygen atoms in total. The van der Waals surface area contributed by atoms with Crippen molar-refractivity contribution in [1.29, 1.82) is 0 Å². The van der Waals surface area contributed by atoms with Gasteiger partial charge in [-0.2, -0.15) is 0 Å². The lowest BCUT2D eigenvalue weighted by Gasteiger charge is -2.27. The highest BCUT2D eigenvalue weighted by Crippen LogP contribution is 2.16. The predicted octanol–water partition coefficient (Wildman–Crippen LogP) is 13.7. The number of aliphatic hydroxyl groups is 4. The van der Waals surface area contributed by atoms with Gasteiger partial charge in [-0.15, -0.1) is 0 Å². The second-order valence-corrected chi connectivity index (χ2v) is 17.1. The van der Waals surface area contributed by atoms with Crippen LogP contribution in [0.3, 0.4) is 0 Å². The Labute approximate surface area is 354 Å². The number of aliphatic hydroxyl groups excluding tert-OH is 4. The van der Waals surface area contributed by atoms with E-state index < -0.39 is 36.9 Å². The summed E-state index contributed by atoms with van der Waals surface area (Å²) in [5, 5.41) is 43.8. The Hall–Kier alpha value is -1.47. The summed E-state index contributed by atoms with van der Waals surface area (Å²) in [5.41, 5.74) is 0. The Morgan fingerprint density at radius 2 is 0.737 bits per heavy atom. The van der Waals surface area contributed by atoms with Crippen molar-refractivity contribution >= 4 is 5.91 Å². The molecule has 0 heterocycles. The van der Waals surface area contributed by atoms with E-state index in [0.29, 0.717) is 19.3 Å². The van der Waals surface area contributed by atoms with Crippen LogP contribution in [0.1, 0.15) is 251 Å². The smallest absolute Gasteiger partial charge is 0.249 e. The van der Waals surface area contributed by atoms with Crippen molar-refractivity contribution in [1.82, 2.24) is 5.32 Å². The van der Waals surface area contributed by atoms with Gasteiger partial charge in [0.05, 0.1) is 18.8 Å². The topological polar surface area (TPSA) is 110 Å². The van der Waals surface area contributed by atoms with Crippen LogP contribution >= 0.6 is 0 Å². The molecule has 0 aromatic rings. The minimum absolute atomic E-state index is 0.353. The molecule has 0 saturated carbocycles. The maximum absolute atomic E-state index is 12.5. The average molecular weight is 804 g/mol. The van der Waals surface area contributed by atoms with Crippen molar-refractivity contribution in [3.63, 3.8) is 0 Å². The minimum Gasteiger partial charge on any atom is -0.394 e. The van der Waals surface area contributed by atoms with Gasteiger partial charge >= 0.3 is 0 Å². The number of hydrogen-bond donors (Lipinski definition) is 5. The molecule has 0 aliphatic carbocycles. The molecule has 5 N–H and O–H groups in total. The molecule has 1 amide bonds. The fourth-order valence-electron chi connectivity index (χ4n) is 7.59. The van der Waals surface area contributed by atoms with Crippen molar-refractivity contribution < 1.29 is 25.2 Å². The molecule has 6 heteroatoms. The zero-order chi connectivity index (χ0) is 41.7. The van der Waals surface area contributed by atoms with Gasteiger partial charge in [0.25, 0.3) is 0 Å². The highest BCUT2D eigenvalue weighted by molar-refractivity contribution is 5.80. The predicted molar refractivity (Wildman–Crippen MR) is 247 cm³/mol. The molecule has 0 fully saturated rings. The van der Waals surface area contributed by atoms with E-state index in [1.54, 1.807) is 0 Å². The maximum atomic E-state index is 12.5. The summed E-state index contributed by atoms with van der Waals surface area (Å²) in [6.07, 6.45) is 54.7. The molecule has 0 aliphatic heterocycles. The van der Waals surface area contributed by atoms with Crippen LogP contribution in [0.25, 0.3) is 0 Å². The van der Waals surface area contributed by atoms with Crippen LogP contribution in [0.15, 0.2) is 36.5 Å². The fraction of sp³-hybridized carbons (Fsp3) is 0.863. The lowest BCUT2D eigenvalue weighted by Crippen LogP contribution is -2.53. The molecular formula is C51H97NO5. The molecule has 0 aliphatic rings. The SMILES string of the molecule is CCCCCCCCCCC/C=C\CCCCCCCCC(O)C(=O)NC(CO)C(O)C(O)CCC/C=C/CC/C=C/CCCCCCCCCCCCCCC. The molecule has 57 heavy (non-hydrogen) atoms. The van der Waals surface area contributed by atoms with Crippen LogP contribution in [0, 0.1) is 0 Å². The summed E-state index contributed by atoms with van der Waals surface area (Å²) < 4.78 is 0. The van der Waals surface area contributed by atoms with Gasteiger partial charge in [-0.25, -0.2) is 0 Å². The van der Waals surface area contributed by atoms with E-state index in [1.807, 2.05) is 0 Å². The number of allylic oxidation sites excluding steroid dienone is 6. The zero-order valence-corrected chi connectivity index (χ0v) is 37.8. The summed E-state index contributed by atoms with van der Waals surface area (Å²) in [5.74, 6) is -0.601. The molecule has 4 atom stereocenters. The van der Waals surface area contributed by atoms with Gasteiger partial charge in [-0.05, 0) is 77.0 Å². The first kappa shape index (κ1) is 55.5. The minimum atomic E-state index is -1.29. The molecule has 0 aromatic carbocycles. The summed E-state index contributed by atoms with van der Waals surface area (Å²) in [7, 11) is 0. The van der Waals surface area contributed by atoms with Gasteiger partial charge in [0.1, 0.15) is 12.2 Å². The summed E-state index contributed by atoms with van der Waals surface area (Å²) in [6.45, 7) is 4.05. The lowest BCUT2D eigenvalue weighted by atomic mass is 10.00. The average Bonchev–Trinajstić information content (AvgIpc) is 3.22. The number of rotatable bonds is 45. The first-order chi connectivity index (χ1) is 28.0. The van der Waals surface area contributed by atoms with Crippen LogP contribution < -0.4 is 5.32 Å². The highest BCUT2D eigenvalue weighted by atomic mass is 16.3. The standard InChI is InChI=1S/C51H97NO5/c1-3-5-7-9-11-13-15-17-19-21-23-24-25-27-28-30-32-34-36-38-40-42-44-48(54)50(56)47(46-53)52-51(57)49(55)45-43-41-39-37-35-33-31-29-26-22-20-18-16-14-12-10-8-6-4-2/h26,28-30,36,38,47-50,53-56H,3-25,27,31-35,37,39-46H2,1-2H3,(H,52,57)/b29-26-,30-28+,38-36+. The third-order valence-electron chi connectivity index (χ3n) is 11.6. The summed E-state index contributed by atoms with van der Waals surface area (Å²) in [6, 6.07) is -1.01. The van der Waals surface area contributed by atoms with Crippen molar-refractivity contribution in [2.45, 2.75) is 276 Å². The quantitative estimate of drug-likeness (QED) is 0.0311. The van der Waals surface area contributed by atoms with Crippen LogP contribution in [0.4, 0.5) is 0 Å². The molecule has 0 spiro atoms. The molecule has 0 saturated heterocycles. The van der Waals surface area contributed by atoms with Crippen LogP contribution in [0.5, 0.6) is 0 Å². The Bertz CT molecular complexity index is 904. The first-order valence-electron chi connectivity index (χ1n) is 24.9. The highest BCUT2D eigenvalue weighted by Gasteiger charge is 2.28. The fourth-order valence-corrected chi connectivity index (χ4v) is 7.59. The number of hydrogen-bond acceptors (Lipinski definition) is 5. The van der Waals surface area contributed by atoms with E-state index in [1.165, 1.54) is 167 Å². The molecule has 0 bridgehead atoms. The largest absolute Gasteiger partial charge is 0.394 e. The van der Waals surface area contributed by atoms with Crippen molar-refractivity contribution in [2.75, 3.05) is 6.61 Å². The number of nitrogens with one attached hydrogen (secondary N) is 1. The molecule has 0 radical (unpaired) electrons. The molecule has 4 unspecified atom stereocenters.